The average Bonchev–Trinajstić information content (AvgIpc) is 3.10. The number of nitrogens with zero attached hydrogens (tertiary/aromatic N) is 1. The van der Waals surface area contributed by atoms with Crippen molar-refractivity contribution in [1.29, 1.82) is 5.26 Å². The number of aryl methyl sites for hydroxylation is 2. The van der Waals surface area contributed by atoms with E-state index >= 15 is 0 Å². The maximum Gasteiger partial charge on any atom is 0.407 e. The lowest BCUT2D eigenvalue weighted by Crippen LogP contribution is -2.26. The van der Waals surface area contributed by atoms with Gasteiger partial charge in [-0.2, -0.15) is 5.26 Å². The zero-order valence-corrected chi connectivity index (χ0v) is 17.5. The van der Waals surface area contributed by atoms with Crippen molar-refractivity contribution in [3.8, 4) is 29.0 Å². The van der Waals surface area contributed by atoms with Gasteiger partial charge in [0, 0.05) is 11.5 Å². The molecule has 0 heterocycles. The highest BCUT2D eigenvalue weighted by atomic mass is 16.5. The number of ether oxygens (including phenoxy) is 1. The van der Waals surface area contributed by atoms with Crippen molar-refractivity contribution in [3.63, 3.8) is 0 Å². The summed E-state index contributed by atoms with van der Waals surface area (Å²) in [7, 11) is 0. The fourth-order valence-corrected chi connectivity index (χ4v) is 4.12. The zero-order valence-electron chi connectivity index (χ0n) is 17.5. The fourth-order valence-electron chi connectivity index (χ4n) is 4.12. The van der Waals surface area contributed by atoms with Gasteiger partial charge in [-0.1, -0.05) is 60.4 Å². The van der Waals surface area contributed by atoms with Crippen LogP contribution in [0.2, 0.25) is 0 Å². The van der Waals surface area contributed by atoms with Crippen molar-refractivity contribution in [3.05, 3.63) is 94.0 Å². The molecule has 152 valence electrons. The standard InChI is InChI=1S/C27H22N2O2/c1-18-14-20(16-28)15-19(2)21(18)12-7-13-29-27(30)31-17-26-24-10-5-3-8-22(24)23-9-4-6-11-25(23)26/h3-6,8-11,14-15,26H,13,17H2,1-2H3,(H,29,30). The summed E-state index contributed by atoms with van der Waals surface area (Å²) in [6.45, 7) is 4.32. The molecule has 4 rings (SSSR count). The Hall–Kier alpha value is -4.02. The third kappa shape index (κ3) is 4.15. The molecule has 0 bridgehead atoms. The van der Waals surface area contributed by atoms with Crippen molar-refractivity contribution < 1.29 is 9.53 Å². The average molecular weight is 406 g/mol. The van der Waals surface area contributed by atoms with Crippen LogP contribution in [0.3, 0.4) is 0 Å². The van der Waals surface area contributed by atoms with E-state index in [0.717, 1.165) is 16.7 Å². The van der Waals surface area contributed by atoms with E-state index in [1.165, 1.54) is 22.3 Å². The third-order valence-electron chi connectivity index (χ3n) is 5.54. The number of rotatable bonds is 3. The van der Waals surface area contributed by atoms with Crippen LogP contribution in [0.5, 0.6) is 0 Å². The van der Waals surface area contributed by atoms with Crippen molar-refractivity contribution in [1.82, 2.24) is 5.32 Å². The predicted octanol–water partition coefficient (Wildman–Crippen LogP) is 5.07. The Morgan fingerprint density at radius 2 is 1.58 bits per heavy atom. The summed E-state index contributed by atoms with van der Waals surface area (Å²) in [6.07, 6.45) is -0.482. The van der Waals surface area contributed by atoms with Crippen LogP contribution < -0.4 is 5.32 Å². The molecule has 4 nitrogen and oxygen atoms in total. The maximum atomic E-state index is 12.2. The van der Waals surface area contributed by atoms with Gasteiger partial charge in [0.15, 0.2) is 0 Å². The van der Waals surface area contributed by atoms with Crippen LogP contribution in [0.4, 0.5) is 4.79 Å². The Bertz CT molecular complexity index is 1190. The molecule has 3 aromatic carbocycles. The Morgan fingerprint density at radius 3 is 2.16 bits per heavy atom. The molecule has 0 aromatic heterocycles. The lowest BCUT2D eigenvalue weighted by atomic mass is 9.98. The summed E-state index contributed by atoms with van der Waals surface area (Å²) in [6, 6.07) is 22.3. The monoisotopic (exact) mass is 406 g/mol. The number of nitrogens with one attached hydrogen (secondary N) is 1. The Balaban J connectivity index is 1.37. The van der Waals surface area contributed by atoms with Gasteiger partial charge < -0.3 is 10.1 Å². The summed E-state index contributed by atoms with van der Waals surface area (Å²) in [5.41, 5.74) is 8.17. The Morgan fingerprint density at radius 1 is 1.00 bits per heavy atom. The zero-order chi connectivity index (χ0) is 21.8. The first-order chi connectivity index (χ1) is 15.1. The SMILES string of the molecule is Cc1cc(C#N)cc(C)c1C#CCNC(=O)OCC1c2ccccc2-c2ccccc21. The van der Waals surface area contributed by atoms with E-state index in [0.29, 0.717) is 5.56 Å². The number of benzene rings is 3. The van der Waals surface area contributed by atoms with Crippen LogP contribution in [0.1, 0.15) is 39.3 Å². The molecule has 1 amide bonds. The van der Waals surface area contributed by atoms with Gasteiger partial charge in [-0.05, 0) is 59.4 Å². The molecule has 0 radical (unpaired) electrons. The summed E-state index contributed by atoms with van der Waals surface area (Å²) in [5.74, 6) is 6.08. The van der Waals surface area contributed by atoms with Crippen molar-refractivity contribution in [2.24, 2.45) is 0 Å². The van der Waals surface area contributed by atoms with Crippen LogP contribution in [0.15, 0.2) is 60.7 Å². The molecule has 1 aliphatic carbocycles. The van der Waals surface area contributed by atoms with E-state index in [-0.39, 0.29) is 19.1 Å². The third-order valence-corrected chi connectivity index (χ3v) is 5.54. The number of amides is 1. The van der Waals surface area contributed by atoms with Crippen LogP contribution in [-0.2, 0) is 4.74 Å². The number of hydrogen-bond donors (Lipinski definition) is 1. The number of fused-ring (bicyclic) bond motifs is 3. The minimum Gasteiger partial charge on any atom is -0.449 e. The van der Waals surface area contributed by atoms with Crippen LogP contribution in [0, 0.1) is 37.0 Å². The van der Waals surface area contributed by atoms with E-state index in [1.807, 2.05) is 50.2 Å². The Kier molecular flexibility index (Phi) is 5.74. The maximum absolute atomic E-state index is 12.2. The highest BCUT2D eigenvalue weighted by Crippen LogP contribution is 2.44. The molecular formula is C27H22N2O2. The van der Waals surface area contributed by atoms with Gasteiger partial charge in [0.05, 0.1) is 18.2 Å². The first-order valence-electron chi connectivity index (χ1n) is 10.2. The molecule has 0 saturated carbocycles. The second kappa shape index (κ2) is 8.78. The summed E-state index contributed by atoms with van der Waals surface area (Å²) in [4.78, 5) is 12.2. The predicted molar refractivity (Wildman–Crippen MR) is 121 cm³/mol. The normalized spacial score (nSPS) is 11.5. The second-order valence-corrected chi connectivity index (χ2v) is 7.58. The van der Waals surface area contributed by atoms with Crippen LogP contribution in [0.25, 0.3) is 11.1 Å². The first kappa shape index (κ1) is 20.3. The van der Waals surface area contributed by atoms with Gasteiger partial charge in [0.1, 0.15) is 6.61 Å². The molecule has 0 spiro atoms. The number of alkyl carbamates (subject to hydrolysis) is 1. The molecule has 0 fully saturated rings. The summed E-state index contributed by atoms with van der Waals surface area (Å²) < 4.78 is 5.52. The molecule has 0 saturated heterocycles. The van der Waals surface area contributed by atoms with Gasteiger partial charge in [0.25, 0.3) is 0 Å². The van der Waals surface area contributed by atoms with E-state index in [4.69, 9.17) is 10.00 Å². The Labute approximate surface area is 182 Å². The lowest BCUT2D eigenvalue weighted by molar-refractivity contribution is 0.144. The second-order valence-electron chi connectivity index (χ2n) is 7.58. The summed E-state index contributed by atoms with van der Waals surface area (Å²) >= 11 is 0. The molecule has 0 atom stereocenters. The van der Waals surface area contributed by atoms with Crippen LogP contribution in [-0.4, -0.2) is 19.2 Å². The topological polar surface area (TPSA) is 62.1 Å². The van der Waals surface area contributed by atoms with Crippen molar-refractivity contribution >= 4 is 6.09 Å². The van der Waals surface area contributed by atoms with Gasteiger partial charge in [-0.15, -0.1) is 0 Å². The smallest absolute Gasteiger partial charge is 0.407 e. The molecule has 3 aromatic rings. The molecule has 0 aliphatic heterocycles. The first-order valence-corrected chi connectivity index (χ1v) is 10.2. The highest BCUT2D eigenvalue weighted by Gasteiger charge is 2.28. The summed E-state index contributed by atoms with van der Waals surface area (Å²) in [5, 5.41) is 11.7. The minimum absolute atomic E-state index is 0.0354. The molecule has 31 heavy (non-hydrogen) atoms. The minimum atomic E-state index is -0.482. The largest absolute Gasteiger partial charge is 0.449 e. The molecule has 4 heteroatoms. The molecule has 0 unspecified atom stereocenters. The van der Waals surface area contributed by atoms with Gasteiger partial charge in [0.2, 0.25) is 0 Å². The van der Waals surface area contributed by atoms with Crippen molar-refractivity contribution in [2.45, 2.75) is 19.8 Å². The highest BCUT2D eigenvalue weighted by molar-refractivity contribution is 5.79. The number of nitriles is 1. The fraction of sp³-hybridized carbons (Fsp3) is 0.185. The number of carbonyl (C=O) groups excluding carboxylic acids is 1. The molecule has 1 aliphatic rings. The quantitative estimate of drug-likeness (QED) is 0.618. The molecule has 1 N–H and O–H groups in total. The van der Waals surface area contributed by atoms with E-state index in [2.05, 4.69) is 47.5 Å². The van der Waals surface area contributed by atoms with Crippen molar-refractivity contribution in [2.75, 3.05) is 13.2 Å². The number of hydrogen-bond acceptors (Lipinski definition) is 3. The van der Waals surface area contributed by atoms with Gasteiger partial charge in [-0.3, -0.25) is 0 Å². The van der Waals surface area contributed by atoms with Gasteiger partial charge >= 0.3 is 6.09 Å². The number of carbonyl (C=O) groups is 1. The molecular weight excluding hydrogens is 384 g/mol. The van der Waals surface area contributed by atoms with E-state index in [9.17, 15) is 4.79 Å². The van der Waals surface area contributed by atoms with Crippen LogP contribution >= 0.6 is 0 Å². The van der Waals surface area contributed by atoms with E-state index in [1.54, 1.807) is 0 Å². The lowest BCUT2D eigenvalue weighted by Gasteiger charge is -2.14. The van der Waals surface area contributed by atoms with Gasteiger partial charge in [-0.25, -0.2) is 4.79 Å². The van der Waals surface area contributed by atoms with E-state index < -0.39 is 6.09 Å².